The van der Waals surface area contributed by atoms with Gasteiger partial charge in [0.2, 0.25) is 5.91 Å². The molecular weight excluding hydrogens is 614 g/mol. The molecule has 0 aliphatic rings. The van der Waals surface area contributed by atoms with Gasteiger partial charge in [0.1, 0.15) is 0 Å². The molecule has 0 rings (SSSR count). The van der Waals surface area contributed by atoms with Crippen molar-refractivity contribution in [2.75, 3.05) is 6.54 Å². The third-order valence-electron chi connectivity index (χ3n) is 10.2. The minimum atomic E-state index is -2.37. The second kappa shape index (κ2) is 30.3. The van der Waals surface area contributed by atoms with E-state index in [0.717, 1.165) is 38.5 Å². The summed E-state index contributed by atoms with van der Waals surface area (Å²) in [6.07, 6.45) is 31.2. The van der Waals surface area contributed by atoms with Gasteiger partial charge in [-0.3, -0.25) is 19.3 Å². The van der Waals surface area contributed by atoms with E-state index in [0.29, 0.717) is 30.7 Å². The molecule has 8 heteroatoms. The monoisotopic (exact) mass is 696 g/mol. The van der Waals surface area contributed by atoms with Crippen molar-refractivity contribution in [1.82, 2.24) is 4.90 Å². The van der Waals surface area contributed by atoms with Gasteiger partial charge in [0.15, 0.2) is 23.0 Å². The topological polar surface area (TPSA) is 147 Å². The van der Waals surface area contributed by atoms with Crippen LogP contribution in [-0.2, 0) is 14.4 Å². The molecule has 290 valence electrons. The van der Waals surface area contributed by atoms with E-state index in [2.05, 4.69) is 13.8 Å². The molecule has 0 saturated heterocycles. The average molecular weight is 696 g/mol. The highest BCUT2D eigenvalue weighted by Crippen LogP contribution is 2.29. The lowest BCUT2D eigenvalue weighted by Crippen LogP contribution is -2.69. The Morgan fingerprint density at radius 2 is 0.776 bits per heavy atom. The fraction of sp³-hybridized carbons (Fsp3) is 0.927. The minimum absolute atomic E-state index is 0.0513. The number of rotatable bonds is 36. The maximum atomic E-state index is 13.6. The van der Waals surface area contributed by atoms with Gasteiger partial charge in [-0.1, -0.05) is 168 Å². The maximum absolute atomic E-state index is 13.6. The summed E-state index contributed by atoms with van der Waals surface area (Å²) in [6, 6.07) is -1.10. The first-order valence-electron chi connectivity index (χ1n) is 20.8. The number of Topliss-reactive ketones (excluding diaryl/α,β-unsaturated/α-hetero) is 2. The summed E-state index contributed by atoms with van der Waals surface area (Å²) in [4.78, 5) is 41.0. The van der Waals surface area contributed by atoms with Crippen LogP contribution in [0.15, 0.2) is 0 Å². The molecule has 3 atom stereocenters. The fourth-order valence-corrected chi connectivity index (χ4v) is 6.81. The molecule has 8 nitrogen and oxygen atoms in total. The molecule has 0 bridgehead atoms. The Labute approximate surface area is 302 Å². The van der Waals surface area contributed by atoms with Crippen LogP contribution in [0.25, 0.3) is 0 Å². The van der Waals surface area contributed by atoms with Crippen molar-refractivity contribution in [1.29, 1.82) is 0 Å². The number of nitrogens with two attached hydrogens (primary N) is 2. The van der Waals surface area contributed by atoms with Gasteiger partial charge < -0.3 is 21.7 Å². The summed E-state index contributed by atoms with van der Waals surface area (Å²) < 4.78 is 0. The summed E-state index contributed by atoms with van der Waals surface area (Å²) in [5.74, 6) is -2.01. The zero-order chi connectivity index (χ0) is 36.8. The number of amides is 1. The van der Waals surface area contributed by atoms with E-state index < -0.39 is 35.0 Å². The van der Waals surface area contributed by atoms with Gasteiger partial charge in [-0.2, -0.15) is 0 Å². The number of unbranched alkanes of at least 4 members (excludes halogenated alkanes) is 24. The van der Waals surface area contributed by atoms with Gasteiger partial charge >= 0.3 is 0 Å². The average Bonchev–Trinajstić information content (AvgIpc) is 3.07. The van der Waals surface area contributed by atoms with Crippen molar-refractivity contribution < 1.29 is 24.6 Å². The molecule has 49 heavy (non-hydrogen) atoms. The Bertz CT molecular complexity index is 778. The van der Waals surface area contributed by atoms with Crippen molar-refractivity contribution >= 4 is 17.5 Å². The van der Waals surface area contributed by atoms with Crippen molar-refractivity contribution in [3.05, 3.63) is 0 Å². The van der Waals surface area contributed by atoms with Gasteiger partial charge in [-0.25, -0.2) is 0 Å². The van der Waals surface area contributed by atoms with Crippen molar-refractivity contribution in [2.45, 2.75) is 238 Å². The van der Waals surface area contributed by atoms with Crippen LogP contribution in [0.5, 0.6) is 0 Å². The Morgan fingerprint density at radius 3 is 1.04 bits per heavy atom. The third kappa shape index (κ3) is 22.3. The maximum Gasteiger partial charge on any atom is 0.244 e. The quantitative estimate of drug-likeness (QED) is 0.0377. The lowest BCUT2D eigenvalue weighted by molar-refractivity contribution is -0.216. The third-order valence-corrected chi connectivity index (χ3v) is 10.2. The Kier molecular flexibility index (Phi) is 29.5. The first-order valence-corrected chi connectivity index (χ1v) is 20.8. The molecule has 0 heterocycles. The molecule has 0 spiro atoms. The van der Waals surface area contributed by atoms with Gasteiger partial charge in [0, 0.05) is 12.8 Å². The van der Waals surface area contributed by atoms with E-state index in [1.807, 2.05) is 0 Å². The molecule has 0 aliphatic heterocycles. The number of nitrogens with zero attached hydrogens (tertiary/aromatic N) is 1. The molecular formula is C41H81N3O5. The minimum Gasteiger partial charge on any atom is -0.365 e. The standard InChI is InChI=1S/C41H81N3O5/c1-5-7-9-11-13-15-17-19-21-23-25-27-29-33-37(45)40(3,48)44(39(47)36(43)32-31-35-42)41(4,49)38(46)34-30-28-26-24-22-20-18-16-14-12-10-8-6-2/h36,48-49H,5-35,42-43H2,1-4H3/t36-,40?,41?/m0/s1. The van der Waals surface area contributed by atoms with Crippen LogP contribution in [0, 0.1) is 0 Å². The summed E-state index contributed by atoms with van der Waals surface area (Å²) >= 11 is 0. The predicted octanol–water partition coefficient (Wildman–Crippen LogP) is 9.40. The van der Waals surface area contributed by atoms with Crippen LogP contribution >= 0.6 is 0 Å². The molecule has 0 saturated carbocycles. The number of hydrogen-bond acceptors (Lipinski definition) is 7. The van der Waals surface area contributed by atoms with Crippen molar-refractivity contribution in [3.8, 4) is 0 Å². The van der Waals surface area contributed by atoms with Gasteiger partial charge in [-0.15, -0.1) is 0 Å². The normalized spacial score (nSPS) is 14.7. The molecule has 0 aromatic rings. The molecule has 6 N–H and O–H groups in total. The molecule has 0 fully saturated rings. The predicted molar refractivity (Wildman–Crippen MR) is 205 cm³/mol. The van der Waals surface area contributed by atoms with Gasteiger partial charge in [0.05, 0.1) is 6.04 Å². The molecule has 0 aromatic heterocycles. The second-order valence-electron chi connectivity index (χ2n) is 15.1. The van der Waals surface area contributed by atoms with E-state index >= 15 is 0 Å². The highest BCUT2D eigenvalue weighted by molar-refractivity contribution is 5.97. The zero-order valence-electron chi connectivity index (χ0n) is 32.7. The van der Waals surface area contributed by atoms with E-state index in [1.54, 1.807) is 0 Å². The van der Waals surface area contributed by atoms with Crippen LogP contribution in [0.3, 0.4) is 0 Å². The van der Waals surface area contributed by atoms with Gasteiger partial charge in [-0.05, 0) is 46.1 Å². The summed E-state index contributed by atoms with van der Waals surface area (Å²) in [7, 11) is 0. The fourth-order valence-electron chi connectivity index (χ4n) is 6.81. The van der Waals surface area contributed by atoms with Crippen LogP contribution in [-0.4, -0.2) is 56.6 Å². The number of aliphatic hydroxyl groups is 2. The van der Waals surface area contributed by atoms with E-state index in [-0.39, 0.29) is 19.3 Å². The highest BCUT2D eigenvalue weighted by atomic mass is 16.4. The molecule has 0 radical (unpaired) electrons. The van der Waals surface area contributed by atoms with E-state index in [9.17, 15) is 24.6 Å². The molecule has 0 aromatic carbocycles. The number of ketones is 2. The lowest BCUT2D eigenvalue weighted by Gasteiger charge is -2.45. The van der Waals surface area contributed by atoms with Crippen LogP contribution in [0.4, 0.5) is 0 Å². The Hall–Kier alpha value is -1.35. The first kappa shape index (κ1) is 47.7. The lowest BCUT2D eigenvalue weighted by atomic mass is 9.93. The zero-order valence-corrected chi connectivity index (χ0v) is 32.7. The van der Waals surface area contributed by atoms with Gasteiger partial charge in [0.25, 0.3) is 0 Å². The number of hydrogen-bond donors (Lipinski definition) is 4. The largest absolute Gasteiger partial charge is 0.365 e. The number of carbonyl (C=O) groups is 3. The highest BCUT2D eigenvalue weighted by Gasteiger charge is 2.52. The molecule has 1 amide bonds. The van der Waals surface area contributed by atoms with Crippen molar-refractivity contribution in [3.63, 3.8) is 0 Å². The Morgan fingerprint density at radius 1 is 0.510 bits per heavy atom. The SMILES string of the molecule is CCCCCCCCCCCCCCCC(=O)C(C)(O)N(C(=O)[C@@H](N)CCCN)C(C)(O)C(=O)CCCCCCCCCCCCCCC. The smallest absolute Gasteiger partial charge is 0.244 e. The number of carbonyl (C=O) groups excluding carboxylic acids is 3. The van der Waals surface area contributed by atoms with E-state index in [1.165, 1.54) is 129 Å². The summed E-state index contributed by atoms with van der Waals surface area (Å²) in [5.41, 5.74) is 7.03. The summed E-state index contributed by atoms with van der Waals surface area (Å²) in [6.45, 7) is 7.22. The molecule has 0 aliphatic carbocycles. The second-order valence-corrected chi connectivity index (χ2v) is 15.1. The molecule has 2 unspecified atom stereocenters. The first-order chi connectivity index (χ1) is 23.5. The summed E-state index contributed by atoms with van der Waals surface area (Å²) in [5, 5.41) is 23.0. The van der Waals surface area contributed by atoms with Crippen LogP contribution < -0.4 is 11.5 Å². The van der Waals surface area contributed by atoms with E-state index in [4.69, 9.17) is 11.5 Å². The van der Waals surface area contributed by atoms with Crippen LogP contribution in [0.2, 0.25) is 0 Å². The van der Waals surface area contributed by atoms with Crippen molar-refractivity contribution in [2.24, 2.45) is 11.5 Å². The van der Waals surface area contributed by atoms with Crippen LogP contribution in [0.1, 0.15) is 220 Å². The Balaban J connectivity index is 4.83.